The molecule has 1 aliphatic carbocycles. The van der Waals surface area contributed by atoms with Gasteiger partial charge in [-0.15, -0.1) is 0 Å². The molecule has 2 nitrogen and oxygen atoms in total. The lowest BCUT2D eigenvalue weighted by molar-refractivity contribution is -0.118. The molecule has 118 valence electrons. The van der Waals surface area contributed by atoms with E-state index in [4.69, 9.17) is 0 Å². The summed E-state index contributed by atoms with van der Waals surface area (Å²) in [5.74, 6) is 0.547. The average molecular weight is 297 g/mol. The minimum Gasteiger partial charge on any atom is -0.379 e. The minimum absolute atomic E-state index is 0.00389. The van der Waals surface area contributed by atoms with Crippen LogP contribution in [0.1, 0.15) is 63.5 Å². The Labute approximate surface area is 134 Å². The average Bonchev–Trinajstić information content (AvgIpc) is 2.75. The molecule has 1 aromatic carbocycles. The second kappa shape index (κ2) is 6.28. The van der Waals surface area contributed by atoms with Crippen molar-refractivity contribution in [3.63, 3.8) is 0 Å². The first-order chi connectivity index (χ1) is 10.6. The molecule has 1 saturated carbocycles. The number of nitrogens with one attached hydrogen (secondary N) is 1. The molecule has 22 heavy (non-hydrogen) atoms. The highest BCUT2D eigenvalue weighted by atomic mass is 16.1. The van der Waals surface area contributed by atoms with Crippen molar-refractivity contribution in [1.29, 1.82) is 0 Å². The number of benzene rings is 1. The molecule has 0 saturated heterocycles. The molecule has 0 bridgehead atoms. The molecule has 0 unspecified atom stereocenters. The minimum atomic E-state index is 0.00389. The first kappa shape index (κ1) is 15.3. The SMILES string of the molecule is CC1(C)Cc2ccccc2C(=CC(=O)C2CCCCCC2)N1. The summed E-state index contributed by atoms with van der Waals surface area (Å²) in [6, 6.07) is 8.46. The largest absolute Gasteiger partial charge is 0.379 e. The summed E-state index contributed by atoms with van der Waals surface area (Å²) in [5.41, 5.74) is 3.56. The molecule has 0 amide bonds. The van der Waals surface area contributed by atoms with Crippen LogP contribution in [0.5, 0.6) is 0 Å². The van der Waals surface area contributed by atoms with Gasteiger partial charge in [0.1, 0.15) is 0 Å². The Morgan fingerprint density at radius 1 is 1.14 bits per heavy atom. The first-order valence-corrected chi connectivity index (χ1v) is 8.67. The number of hydrogen-bond acceptors (Lipinski definition) is 2. The third-order valence-electron chi connectivity index (χ3n) is 4.96. The summed E-state index contributed by atoms with van der Waals surface area (Å²) in [5, 5.41) is 3.57. The lowest BCUT2D eigenvalue weighted by Crippen LogP contribution is -2.44. The number of carbonyl (C=O) groups excluding carboxylic acids is 1. The van der Waals surface area contributed by atoms with E-state index in [0.717, 1.165) is 25.0 Å². The Bertz CT molecular complexity index is 577. The van der Waals surface area contributed by atoms with Crippen LogP contribution < -0.4 is 5.32 Å². The molecule has 3 rings (SSSR count). The molecule has 0 aromatic heterocycles. The molecule has 1 N–H and O–H groups in total. The van der Waals surface area contributed by atoms with Gasteiger partial charge in [-0.2, -0.15) is 0 Å². The Kier molecular flexibility index (Phi) is 4.37. The predicted molar refractivity (Wildman–Crippen MR) is 91.5 cm³/mol. The fraction of sp³-hybridized carbons (Fsp3) is 0.550. The van der Waals surface area contributed by atoms with Crippen molar-refractivity contribution in [2.75, 3.05) is 0 Å². The number of fused-ring (bicyclic) bond motifs is 1. The van der Waals surface area contributed by atoms with Crippen LogP contribution in [-0.2, 0) is 11.2 Å². The molecule has 0 radical (unpaired) electrons. The van der Waals surface area contributed by atoms with Gasteiger partial charge in [-0.05, 0) is 38.7 Å². The van der Waals surface area contributed by atoms with Gasteiger partial charge in [0.2, 0.25) is 0 Å². The summed E-state index contributed by atoms with van der Waals surface area (Å²) >= 11 is 0. The monoisotopic (exact) mass is 297 g/mol. The zero-order valence-corrected chi connectivity index (χ0v) is 13.8. The number of hydrogen-bond donors (Lipinski definition) is 1. The summed E-state index contributed by atoms with van der Waals surface area (Å²) < 4.78 is 0. The van der Waals surface area contributed by atoms with Crippen LogP contribution in [0.25, 0.3) is 5.70 Å². The highest BCUT2D eigenvalue weighted by Gasteiger charge is 2.28. The highest BCUT2D eigenvalue weighted by Crippen LogP contribution is 2.31. The maximum atomic E-state index is 12.7. The molecule has 1 heterocycles. The van der Waals surface area contributed by atoms with E-state index in [1.54, 1.807) is 0 Å². The quantitative estimate of drug-likeness (QED) is 0.643. The third-order valence-corrected chi connectivity index (χ3v) is 4.96. The number of allylic oxidation sites excluding steroid dienone is 1. The van der Waals surface area contributed by atoms with Gasteiger partial charge in [0.15, 0.2) is 5.78 Å². The second-order valence-corrected chi connectivity index (χ2v) is 7.49. The fourth-order valence-corrected chi connectivity index (χ4v) is 3.83. The second-order valence-electron chi connectivity index (χ2n) is 7.49. The van der Waals surface area contributed by atoms with Gasteiger partial charge in [-0.1, -0.05) is 49.9 Å². The lowest BCUT2D eigenvalue weighted by Gasteiger charge is -2.35. The van der Waals surface area contributed by atoms with Gasteiger partial charge in [0.05, 0.1) is 0 Å². The van der Waals surface area contributed by atoms with E-state index in [1.807, 2.05) is 6.08 Å². The molecular weight excluding hydrogens is 270 g/mol. The maximum Gasteiger partial charge on any atom is 0.160 e. The fourth-order valence-electron chi connectivity index (χ4n) is 3.83. The predicted octanol–water partition coefficient (Wildman–Crippen LogP) is 4.49. The van der Waals surface area contributed by atoms with Gasteiger partial charge >= 0.3 is 0 Å². The standard InChI is InChI=1S/C20H27NO/c1-20(2)14-16-11-7-8-12-17(16)18(21-20)13-19(22)15-9-5-3-4-6-10-15/h7-8,11-13,15,21H,3-6,9-10,14H2,1-2H3. The van der Waals surface area contributed by atoms with Crippen molar-refractivity contribution < 1.29 is 4.79 Å². The van der Waals surface area contributed by atoms with Gasteiger partial charge < -0.3 is 5.32 Å². The molecule has 1 aliphatic heterocycles. The third kappa shape index (κ3) is 3.43. The van der Waals surface area contributed by atoms with Crippen molar-refractivity contribution >= 4 is 11.5 Å². The zero-order valence-electron chi connectivity index (χ0n) is 13.8. The Morgan fingerprint density at radius 2 is 1.82 bits per heavy atom. The molecule has 0 atom stereocenters. The topological polar surface area (TPSA) is 29.1 Å². The van der Waals surface area contributed by atoms with E-state index < -0.39 is 0 Å². The Morgan fingerprint density at radius 3 is 2.55 bits per heavy atom. The zero-order chi connectivity index (χ0) is 15.6. The molecule has 1 fully saturated rings. The van der Waals surface area contributed by atoms with Crippen LogP contribution >= 0.6 is 0 Å². The van der Waals surface area contributed by atoms with Crippen molar-refractivity contribution in [3.8, 4) is 0 Å². The van der Waals surface area contributed by atoms with E-state index in [-0.39, 0.29) is 11.5 Å². The van der Waals surface area contributed by atoms with Gasteiger partial charge in [0, 0.05) is 28.8 Å². The van der Waals surface area contributed by atoms with Gasteiger partial charge in [-0.25, -0.2) is 0 Å². The molecule has 2 heteroatoms. The van der Waals surface area contributed by atoms with Gasteiger partial charge in [-0.3, -0.25) is 4.79 Å². The highest BCUT2D eigenvalue weighted by molar-refractivity contribution is 5.98. The molecular formula is C20H27NO. The van der Waals surface area contributed by atoms with E-state index >= 15 is 0 Å². The summed E-state index contributed by atoms with van der Waals surface area (Å²) in [6.07, 6.45) is 9.99. The summed E-state index contributed by atoms with van der Waals surface area (Å²) in [6.45, 7) is 4.40. The Hall–Kier alpha value is -1.57. The summed E-state index contributed by atoms with van der Waals surface area (Å²) in [7, 11) is 0. The molecule has 2 aliphatic rings. The van der Waals surface area contributed by atoms with E-state index in [1.165, 1.54) is 36.8 Å². The first-order valence-electron chi connectivity index (χ1n) is 8.67. The Balaban J connectivity index is 1.87. The smallest absolute Gasteiger partial charge is 0.160 e. The number of rotatable bonds is 2. The summed E-state index contributed by atoms with van der Waals surface area (Å²) in [4.78, 5) is 12.7. The number of ketones is 1. The van der Waals surface area contributed by atoms with Crippen LogP contribution in [0.4, 0.5) is 0 Å². The van der Waals surface area contributed by atoms with Crippen LogP contribution in [-0.4, -0.2) is 11.3 Å². The van der Waals surface area contributed by atoms with Crippen molar-refractivity contribution in [3.05, 3.63) is 41.5 Å². The number of carbonyl (C=O) groups is 1. The molecule has 0 spiro atoms. The van der Waals surface area contributed by atoms with Crippen molar-refractivity contribution in [1.82, 2.24) is 5.32 Å². The molecule has 1 aromatic rings. The van der Waals surface area contributed by atoms with E-state index in [2.05, 4.69) is 43.4 Å². The van der Waals surface area contributed by atoms with Crippen molar-refractivity contribution in [2.24, 2.45) is 5.92 Å². The normalized spacial score (nSPS) is 23.5. The van der Waals surface area contributed by atoms with Crippen LogP contribution in [0.2, 0.25) is 0 Å². The lowest BCUT2D eigenvalue weighted by atomic mass is 9.85. The maximum absolute atomic E-state index is 12.7. The van der Waals surface area contributed by atoms with Crippen LogP contribution in [0, 0.1) is 5.92 Å². The van der Waals surface area contributed by atoms with Crippen LogP contribution in [0.15, 0.2) is 30.3 Å². The van der Waals surface area contributed by atoms with Crippen LogP contribution in [0.3, 0.4) is 0 Å². The van der Waals surface area contributed by atoms with Crippen molar-refractivity contribution in [2.45, 2.75) is 64.3 Å². The van der Waals surface area contributed by atoms with E-state index in [0.29, 0.717) is 5.78 Å². The van der Waals surface area contributed by atoms with E-state index in [9.17, 15) is 4.79 Å². The van der Waals surface area contributed by atoms with Gasteiger partial charge in [0.25, 0.3) is 0 Å².